The summed E-state index contributed by atoms with van der Waals surface area (Å²) in [6, 6.07) is 11.5. The Hall–Kier alpha value is -3.11. The molecular formula is C24H25F3N4O3. The lowest BCUT2D eigenvalue weighted by molar-refractivity contribution is -0.274. The molecule has 180 valence electrons. The lowest BCUT2D eigenvalue weighted by Crippen LogP contribution is -2.50. The van der Waals surface area contributed by atoms with E-state index in [0.29, 0.717) is 24.6 Å². The second kappa shape index (κ2) is 8.28. The molecule has 1 spiro atoms. The van der Waals surface area contributed by atoms with E-state index in [9.17, 15) is 22.8 Å². The van der Waals surface area contributed by atoms with Crippen LogP contribution < -0.4 is 15.7 Å². The normalized spacial score (nSPS) is 24.8. The summed E-state index contributed by atoms with van der Waals surface area (Å²) in [6.45, 7) is 0.754. The third kappa shape index (κ3) is 4.23. The van der Waals surface area contributed by atoms with Gasteiger partial charge < -0.3 is 9.64 Å². The summed E-state index contributed by atoms with van der Waals surface area (Å²) < 4.78 is 41.0. The standard InChI is InChI=1S/C24H25F3N4O3/c1-30-22(33)23(28-29-30)10-8-16(9-11-23)17-4-7-20-18(12-17)14-31(21(20)32)13-15-2-5-19(6-3-15)34-24(25,26)27/h2-7,12,16,28-29H,8-11,13-14H2,1H3. The van der Waals surface area contributed by atoms with Crippen molar-refractivity contribution in [3.8, 4) is 5.75 Å². The van der Waals surface area contributed by atoms with Crippen LogP contribution in [0.2, 0.25) is 0 Å². The summed E-state index contributed by atoms with van der Waals surface area (Å²) in [6.07, 6.45) is -1.51. The van der Waals surface area contributed by atoms with Crippen LogP contribution in [0.1, 0.15) is 58.6 Å². The van der Waals surface area contributed by atoms with Gasteiger partial charge in [0.25, 0.3) is 11.8 Å². The molecule has 3 aliphatic rings. The zero-order valence-corrected chi connectivity index (χ0v) is 18.6. The van der Waals surface area contributed by atoms with Crippen molar-refractivity contribution in [2.24, 2.45) is 0 Å². The molecule has 1 saturated carbocycles. The largest absolute Gasteiger partial charge is 0.573 e. The maximum Gasteiger partial charge on any atom is 0.573 e. The van der Waals surface area contributed by atoms with Crippen LogP contribution in [-0.2, 0) is 17.9 Å². The maximum absolute atomic E-state index is 12.9. The summed E-state index contributed by atoms with van der Waals surface area (Å²) in [4.78, 5) is 27.0. The summed E-state index contributed by atoms with van der Waals surface area (Å²) in [5.74, 6) is 0.0126. The van der Waals surface area contributed by atoms with E-state index in [0.717, 1.165) is 36.8 Å². The number of hydrazine groups is 2. The zero-order valence-electron chi connectivity index (χ0n) is 18.6. The van der Waals surface area contributed by atoms with Gasteiger partial charge in [0.05, 0.1) is 0 Å². The van der Waals surface area contributed by atoms with Crippen molar-refractivity contribution in [2.75, 3.05) is 7.05 Å². The van der Waals surface area contributed by atoms with E-state index in [1.807, 2.05) is 12.1 Å². The number of nitrogens with one attached hydrogen (secondary N) is 2. The first-order valence-corrected chi connectivity index (χ1v) is 11.2. The van der Waals surface area contributed by atoms with E-state index in [1.165, 1.54) is 34.8 Å². The van der Waals surface area contributed by atoms with Gasteiger partial charge in [-0.05, 0) is 66.5 Å². The predicted molar refractivity (Wildman–Crippen MR) is 116 cm³/mol. The number of carbonyl (C=O) groups is 2. The molecule has 2 fully saturated rings. The Labute approximate surface area is 194 Å². The van der Waals surface area contributed by atoms with E-state index >= 15 is 0 Å². The molecule has 7 nitrogen and oxygen atoms in total. The fraction of sp³-hybridized carbons (Fsp3) is 0.417. The number of fused-ring (bicyclic) bond motifs is 1. The molecular weight excluding hydrogens is 449 g/mol. The van der Waals surface area contributed by atoms with Gasteiger partial charge in [0.2, 0.25) is 0 Å². The number of alkyl halides is 3. The molecule has 2 heterocycles. The summed E-state index contributed by atoms with van der Waals surface area (Å²) in [7, 11) is 1.71. The van der Waals surface area contributed by atoms with Crippen LogP contribution in [0.15, 0.2) is 42.5 Å². The number of rotatable bonds is 4. The van der Waals surface area contributed by atoms with Crippen molar-refractivity contribution in [2.45, 2.75) is 56.6 Å². The highest BCUT2D eigenvalue weighted by Gasteiger charge is 2.47. The third-order valence-electron chi connectivity index (χ3n) is 7.03. The Morgan fingerprint density at radius 3 is 2.41 bits per heavy atom. The number of hydrogen-bond donors (Lipinski definition) is 2. The predicted octanol–water partition coefficient (Wildman–Crippen LogP) is 3.62. The Morgan fingerprint density at radius 1 is 1.09 bits per heavy atom. The minimum absolute atomic E-state index is 0.0687. The smallest absolute Gasteiger partial charge is 0.406 e. The SMILES string of the molecule is CN1NNC2(CCC(c3ccc4c(c3)CN(Cc3ccc(OC(F)(F)F)cc3)C4=O)CC2)C1=O. The molecule has 1 saturated heterocycles. The fourth-order valence-electron chi connectivity index (χ4n) is 5.20. The lowest BCUT2D eigenvalue weighted by Gasteiger charge is -2.34. The number of carbonyl (C=O) groups excluding carboxylic acids is 2. The Morgan fingerprint density at radius 2 is 1.79 bits per heavy atom. The van der Waals surface area contributed by atoms with Crippen LogP contribution in [0.25, 0.3) is 0 Å². The van der Waals surface area contributed by atoms with Crippen molar-refractivity contribution < 1.29 is 27.5 Å². The van der Waals surface area contributed by atoms with Gasteiger partial charge in [-0.15, -0.1) is 13.2 Å². The quantitative estimate of drug-likeness (QED) is 0.708. The van der Waals surface area contributed by atoms with Crippen LogP contribution in [0.3, 0.4) is 0 Å². The van der Waals surface area contributed by atoms with E-state index in [4.69, 9.17) is 0 Å². The maximum atomic E-state index is 12.9. The highest BCUT2D eigenvalue weighted by atomic mass is 19.4. The fourth-order valence-corrected chi connectivity index (χ4v) is 5.20. The Balaban J connectivity index is 1.23. The molecule has 0 bridgehead atoms. The Kier molecular flexibility index (Phi) is 5.52. The Bertz CT molecular complexity index is 1110. The number of hydrogen-bond acceptors (Lipinski definition) is 5. The van der Waals surface area contributed by atoms with Crippen molar-refractivity contribution >= 4 is 11.8 Å². The van der Waals surface area contributed by atoms with Gasteiger partial charge in [0.15, 0.2) is 0 Å². The monoisotopic (exact) mass is 474 g/mol. The molecule has 10 heteroatoms. The third-order valence-corrected chi connectivity index (χ3v) is 7.03. The summed E-state index contributed by atoms with van der Waals surface area (Å²) in [5.41, 5.74) is 9.02. The summed E-state index contributed by atoms with van der Waals surface area (Å²) in [5, 5.41) is 1.49. The average Bonchev–Trinajstić information content (AvgIpc) is 3.25. The number of ether oxygens (including phenoxy) is 1. The van der Waals surface area contributed by atoms with Gasteiger partial charge in [-0.1, -0.05) is 24.3 Å². The molecule has 2 aromatic carbocycles. The van der Waals surface area contributed by atoms with Crippen LogP contribution in [0.4, 0.5) is 13.2 Å². The minimum Gasteiger partial charge on any atom is -0.406 e. The van der Waals surface area contributed by atoms with Crippen molar-refractivity contribution in [1.29, 1.82) is 0 Å². The number of likely N-dealkylation sites (N-methyl/N-ethyl adjacent to an activating group) is 1. The average molecular weight is 474 g/mol. The second-order valence-corrected chi connectivity index (χ2v) is 9.23. The van der Waals surface area contributed by atoms with Crippen molar-refractivity contribution in [3.63, 3.8) is 0 Å². The van der Waals surface area contributed by atoms with Crippen LogP contribution in [0.5, 0.6) is 5.75 Å². The van der Waals surface area contributed by atoms with Crippen LogP contribution >= 0.6 is 0 Å². The van der Waals surface area contributed by atoms with E-state index in [-0.39, 0.29) is 17.6 Å². The highest BCUT2D eigenvalue weighted by Crippen LogP contribution is 2.40. The number of nitrogens with zero attached hydrogens (tertiary/aromatic N) is 2. The molecule has 2 amide bonds. The molecule has 0 radical (unpaired) electrons. The lowest BCUT2D eigenvalue weighted by atomic mass is 9.74. The molecule has 34 heavy (non-hydrogen) atoms. The number of benzene rings is 2. The van der Waals surface area contributed by atoms with Gasteiger partial charge in [-0.3, -0.25) is 14.6 Å². The van der Waals surface area contributed by atoms with Crippen LogP contribution in [-0.4, -0.2) is 40.7 Å². The van der Waals surface area contributed by atoms with Gasteiger partial charge in [-0.25, -0.2) is 5.43 Å². The van der Waals surface area contributed by atoms with E-state index in [2.05, 4.69) is 21.8 Å². The van der Waals surface area contributed by atoms with E-state index < -0.39 is 11.9 Å². The van der Waals surface area contributed by atoms with Gasteiger partial charge in [-0.2, -0.15) is 5.53 Å². The number of halogens is 3. The first kappa shape index (κ1) is 22.7. The van der Waals surface area contributed by atoms with Crippen molar-refractivity contribution in [3.05, 3.63) is 64.7 Å². The molecule has 5 rings (SSSR count). The zero-order chi connectivity index (χ0) is 24.1. The topological polar surface area (TPSA) is 73.9 Å². The number of amides is 2. The summed E-state index contributed by atoms with van der Waals surface area (Å²) >= 11 is 0. The molecule has 0 unspecified atom stereocenters. The molecule has 2 aromatic rings. The van der Waals surface area contributed by atoms with Crippen molar-refractivity contribution in [1.82, 2.24) is 20.9 Å². The first-order chi connectivity index (χ1) is 16.1. The van der Waals surface area contributed by atoms with Gasteiger partial charge >= 0.3 is 6.36 Å². The second-order valence-electron chi connectivity index (χ2n) is 9.23. The van der Waals surface area contributed by atoms with E-state index in [1.54, 1.807) is 11.9 Å². The molecule has 0 aromatic heterocycles. The molecule has 2 aliphatic heterocycles. The first-order valence-electron chi connectivity index (χ1n) is 11.2. The molecule has 1 aliphatic carbocycles. The molecule has 2 N–H and O–H groups in total. The van der Waals surface area contributed by atoms with Crippen LogP contribution in [0, 0.1) is 0 Å². The minimum atomic E-state index is -4.74. The highest BCUT2D eigenvalue weighted by molar-refractivity contribution is 5.98. The van der Waals surface area contributed by atoms with Gasteiger partial charge in [0.1, 0.15) is 11.3 Å². The van der Waals surface area contributed by atoms with Gasteiger partial charge in [0, 0.05) is 25.7 Å². The molecule has 0 atom stereocenters.